The molecule has 1 amide bonds. The molecule has 0 bridgehead atoms. The zero-order chi connectivity index (χ0) is 17.5. The lowest BCUT2D eigenvalue weighted by molar-refractivity contribution is -0.211. The second-order valence-electron chi connectivity index (χ2n) is 8.02. The summed E-state index contributed by atoms with van der Waals surface area (Å²) in [6.45, 7) is 4.19. The highest BCUT2D eigenvalue weighted by Gasteiger charge is 2.57. The van der Waals surface area contributed by atoms with E-state index in [2.05, 4.69) is 12.1 Å². The molecule has 1 aromatic carbocycles. The molecule has 25 heavy (non-hydrogen) atoms. The monoisotopic (exact) mass is 343 g/mol. The molecule has 2 saturated carbocycles. The summed E-state index contributed by atoms with van der Waals surface area (Å²) in [5.74, 6) is 0.293. The van der Waals surface area contributed by atoms with E-state index in [1.54, 1.807) is 0 Å². The predicted molar refractivity (Wildman–Crippen MR) is 96.3 cm³/mol. The van der Waals surface area contributed by atoms with E-state index < -0.39 is 0 Å². The number of rotatable bonds is 4. The molecule has 4 rings (SSSR count). The van der Waals surface area contributed by atoms with Crippen molar-refractivity contribution in [3.8, 4) is 0 Å². The lowest BCUT2D eigenvalue weighted by Crippen LogP contribution is -2.64. The fraction of sp³-hybridized carbons (Fsp3) is 0.667. The van der Waals surface area contributed by atoms with Gasteiger partial charge in [0, 0.05) is 31.5 Å². The Balaban J connectivity index is 1.46. The molecule has 3 aliphatic rings. The molecule has 2 aliphatic carbocycles. The summed E-state index contributed by atoms with van der Waals surface area (Å²) in [7, 11) is 0. The van der Waals surface area contributed by atoms with Gasteiger partial charge in [-0.05, 0) is 38.2 Å². The fourth-order valence-electron chi connectivity index (χ4n) is 5.16. The van der Waals surface area contributed by atoms with Crippen LogP contribution in [-0.4, -0.2) is 47.8 Å². The van der Waals surface area contributed by atoms with Gasteiger partial charge in [0.2, 0.25) is 5.91 Å². The number of aliphatic hydroxyl groups is 1. The van der Waals surface area contributed by atoms with E-state index in [9.17, 15) is 9.90 Å². The van der Waals surface area contributed by atoms with Crippen LogP contribution in [0.25, 0.3) is 0 Å². The molecular formula is C21H29NO3. The number of piperidine rings is 1. The summed E-state index contributed by atoms with van der Waals surface area (Å²) in [6.07, 6.45) is 5.40. The van der Waals surface area contributed by atoms with Crippen molar-refractivity contribution in [3.63, 3.8) is 0 Å². The average molecular weight is 343 g/mol. The number of hydrogen-bond acceptors (Lipinski definition) is 3. The van der Waals surface area contributed by atoms with E-state index in [0.29, 0.717) is 12.5 Å². The smallest absolute Gasteiger partial charge is 0.233 e. The third-order valence-corrected chi connectivity index (χ3v) is 7.03. The highest BCUT2D eigenvalue weighted by Crippen LogP contribution is 2.52. The number of hydrogen-bond donors (Lipinski definition) is 1. The number of benzene rings is 1. The fourth-order valence-corrected chi connectivity index (χ4v) is 5.16. The highest BCUT2D eigenvalue weighted by atomic mass is 16.5. The highest BCUT2D eigenvalue weighted by molar-refractivity contribution is 5.89. The van der Waals surface area contributed by atoms with Gasteiger partial charge in [0.25, 0.3) is 0 Å². The van der Waals surface area contributed by atoms with Crippen LogP contribution in [-0.2, 0) is 14.9 Å². The number of aliphatic hydroxyl groups excluding tert-OH is 1. The van der Waals surface area contributed by atoms with Gasteiger partial charge in [-0.2, -0.15) is 0 Å². The van der Waals surface area contributed by atoms with Crippen molar-refractivity contribution in [1.29, 1.82) is 0 Å². The topological polar surface area (TPSA) is 49.8 Å². The van der Waals surface area contributed by atoms with E-state index >= 15 is 0 Å². The SMILES string of the molecule is CCO[C@@H]1C[C@@H](O)C12CCN(C(=O)C1(c3ccccc3)CCC1)CC2. The van der Waals surface area contributed by atoms with Crippen LogP contribution in [0.15, 0.2) is 30.3 Å². The third-order valence-electron chi connectivity index (χ3n) is 7.03. The standard InChI is InChI=1S/C21H29NO3/c1-2-25-18-15-17(23)21(18)11-13-22(14-12-21)19(24)20(9-6-10-20)16-7-4-3-5-8-16/h3-5,7-8,17-18,23H,2,6,9-15H2,1H3/t17-,18-/m1/s1. The molecular weight excluding hydrogens is 314 g/mol. The van der Waals surface area contributed by atoms with Crippen molar-refractivity contribution in [1.82, 2.24) is 4.90 Å². The van der Waals surface area contributed by atoms with Crippen molar-refractivity contribution in [2.45, 2.75) is 63.1 Å². The molecule has 136 valence electrons. The maximum Gasteiger partial charge on any atom is 0.233 e. The first-order valence-electron chi connectivity index (χ1n) is 9.77. The van der Waals surface area contributed by atoms with E-state index in [-0.39, 0.29) is 23.0 Å². The van der Waals surface area contributed by atoms with Gasteiger partial charge in [-0.3, -0.25) is 4.79 Å². The average Bonchev–Trinajstić information content (AvgIpc) is 2.62. The summed E-state index contributed by atoms with van der Waals surface area (Å²) in [5.41, 5.74) is 0.748. The summed E-state index contributed by atoms with van der Waals surface area (Å²) in [5, 5.41) is 10.4. The summed E-state index contributed by atoms with van der Waals surface area (Å²) in [6, 6.07) is 10.3. The number of carbonyl (C=O) groups excluding carboxylic acids is 1. The van der Waals surface area contributed by atoms with Crippen molar-refractivity contribution in [2.75, 3.05) is 19.7 Å². The minimum absolute atomic E-state index is 0.119. The van der Waals surface area contributed by atoms with Crippen LogP contribution in [0.5, 0.6) is 0 Å². The molecule has 1 heterocycles. The summed E-state index contributed by atoms with van der Waals surface area (Å²) in [4.78, 5) is 15.4. The number of carbonyl (C=O) groups is 1. The molecule has 1 spiro atoms. The number of ether oxygens (including phenoxy) is 1. The van der Waals surface area contributed by atoms with Crippen molar-refractivity contribution < 1.29 is 14.6 Å². The first kappa shape index (κ1) is 17.0. The maximum atomic E-state index is 13.3. The van der Waals surface area contributed by atoms with E-state index in [0.717, 1.165) is 51.6 Å². The second-order valence-corrected chi connectivity index (χ2v) is 8.02. The van der Waals surface area contributed by atoms with Gasteiger partial charge in [0.15, 0.2) is 0 Å². The molecule has 0 unspecified atom stereocenters. The quantitative estimate of drug-likeness (QED) is 0.914. The van der Waals surface area contributed by atoms with Crippen molar-refractivity contribution in [3.05, 3.63) is 35.9 Å². The molecule has 2 atom stereocenters. The van der Waals surface area contributed by atoms with E-state index in [1.807, 2.05) is 30.0 Å². The van der Waals surface area contributed by atoms with Crippen LogP contribution in [0.4, 0.5) is 0 Å². The lowest BCUT2D eigenvalue weighted by Gasteiger charge is -2.57. The molecule has 1 saturated heterocycles. The Morgan fingerprint density at radius 3 is 2.40 bits per heavy atom. The molecule has 1 aromatic rings. The zero-order valence-corrected chi connectivity index (χ0v) is 15.1. The Morgan fingerprint density at radius 2 is 1.88 bits per heavy atom. The number of nitrogens with zero attached hydrogens (tertiary/aromatic N) is 1. The largest absolute Gasteiger partial charge is 0.392 e. The van der Waals surface area contributed by atoms with Gasteiger partial charge in [-0.1, -0.05) is 36.8 Å². The van der Waals surface area contributed by atoms with Gasteiger partial charge in [-0.25, -0.2) is 0 Å². The second kappa shape index (κ2) is 6.40. The van der Waals surface area contributed by atoms with Gasteiger partial charge in [0.05, 0.1) is 17.6 Å². The Morgan fingerprint density at radius 1 is 1.20 bits per heavy atom. The Labute approximate surface area is 150 Å². The normalized spacial score (nSPS) is 29.8. The predicted octanol–water partition coefficient (Wildman–Crippen LogP) is 2.89. The Bertz CT molecular complexity index is 615. The van der Waals surface area contributed by atoms with Crippen molar-refractivity contribution >= 4 is 5.91 Å². The minimum atomic E-state index is -0.302. The van der Waals surface area contributed by atoms with Crippen LogP contribution in [0.3, 0.4) is 0 Å². The van der Waals surface area contributed by atoms with Gasteiger partial charge in [-0.15, -0.1) is 0 Å². The van der Waals surface area contributed by atoms with Crippen LogP contribution >= 0.6 is 0 Å². The van der Waals surface area contributed by atoms with Gasteiger partial charge >= 0.3 is 0 Å². The molecule has 0 radical (unpaired) electrons. The molecule has 4 heteroatoms. The first-order chi connectivity index (χ1) is 12.1. The molecule has 1 aliphatic heterocycles. The minimum Gasteiger partial charge on any atom is -0.392 e. The van der Waals surface area contributed by atoms with E-state index in [1.165, 1.54) is 5.56 Å². The van der Waals surface area contributed by atoms with Crippen LogP contribution in [0.1, 0.15) is 51.0 Å². The summed E-state index contributed by atoms with van der Waals surface area (Å²) >= 11 is 0. The molecule has 0 aromatic heterocycles. The third kappa shape index (κ3) is 2.53. The van der Waals surface area contributed by atoms with Crippen LogP contribution in [0, 0.1) is 5.41 Å². The van der Waals surface area contributed by atoms with Crippen molar-refractivity contribution in [2.24, 2.45) is 5.41 Å². The van der Waals surface area contributed by atoms with Crippen LogP contribution < -0.4 is 0 Å². The Kier molecular flexibility index (Phi) is 4.37. The first-order valence-corrected chi connectivity index (χ1v) is 9.77. The maximum absolute atomic E-state index is 13.3. The molecule has 4 nitrogen and oxygen atoms in total. The number of amides is 1. The molecule has 1 N–H and O–H groups in total. The summed E-state index contributed by atoms with van der Waals surface area (Å²) < 4.78 is 5.84. The zero-order valence-electron chi connectivity index (χ0n) is 15.1. The van der Waals surface area contributed by atoms with Gasteiger partial charge in [0.1, 0.15) is 0 Å². The number of likely N-dealkylation sites (tertiary alicyclic amines) is 1. The van der Waals surface area contributed by atoms with E-state index in [4.69, 9.17) is 4.74 Å². The lowest BCUT2D eigenvalue weighted by atomic mass is 9.58. The Hall–Kier alpha value is -1.39. The van der Waals surface area contributed by atoms with Gasteiger partial charge < -0.3 is 14.7 Å². The molecule has 3 fully saturated rings. The van der Waals surface area contributed by atoms with Crippen LogP contribution in [0.2, 0.25) is 0 Å².